The van der Waals surface area contributed by atoms with Gasteiger partial charge in [0.15, 0.2) is 0 Å². The fourth-order valence-corrected chi connectivity index (χ4v) is 3.03. The van der Waals surface area contributed by atoms with Crippen molar-refractivity contribution >= 4 is 23.7 Å². The molecule has 2 rings (SSSR count). The largest absolute Gasteiger partial charge is 0.480 e. The Morgan fingerprint density at radius 3 is 2.47 bits per heavy atom. The second-order valence-corrected chi connectivity index (χ2v) is 7.29. The minimum atomic E-state index is -1.28. The molecule has 1 aliphatic heterocycles. The number of nitrogens with one attached hydrogen (secondary N) is 5. The Morgan fingerprint density at radius 1 is 1.20 bits per heavy atom. The first kappa shape index (κ1) is 23.3. The molecule has 30 heavy (non-hydrogen) atoms. The van der Waals surface area contributed by atoms with E-state index in [9.17, 15) is 24.3 Å². The number of carboxylic acids is 1. The molecule has 1 saturated heterocycles. The third kappa shape index (κ3) is 6.52. The standard InChI is InChI=1S/C18H28N6O6/c1-9(18(29)30)22-16(27)13(6-11-7-19-8-21-11)23-17(28)14(10(2)25)24-15(26)12-4-3-5-20-12/h7-10,12-14,20,25H,3-6H2,1-2H3,(H,19,21)(H,22,27)(H,23,28)(H,24,26)(H,29,30). The van der Waals surface area contributed by atoms with Crippen molar-refractivity contribution in [3.05, 3.63) is 18.2 Å². The number of H-pyrrole nitrogens is 1. The van der Waals surface area contributed by atoms with Gasteiger partial charge >= 0.3 is 5.97 Å². The fourth-order valence-electron chi connectivity index (χ4n) is 3.03. The number of nitrogens with zero attached hydrogens (tertiary/aromatic N) is 1. The molecule has 0 bridgehead atoms. The van der Waals surface area contributed by atoms with E-state index >= 15 is 0 Å². The maximum absolute atomic E-state index is 12.8. The second-order valence-electron chi connectivity index (χ2n) is 7.29. The summed E-state index contributed by atoms with van der Waals surface area (Å²) in [4.78, 5) is 55.4. The van der Waals surface area contributed by atoms with Crippen molar-refractivity contribution in [3.8, 4) is 0 Å². The Hall–Kier alpha value is -2.99. The van der Waals surface area contributed by atoms with E-state index in [-0.39, 0.29) is 6.42 Å². The Morgan fingerprint density at radius 2 is 1.93 bits per heavy atom. The van der Waals surface area contributed by atoms with E-state index in [4.69, 9.17) is 5.11 Å². The number of imidazole rings is 1. The number of carboxylic acid groups (broad SMARTS) is 1. The van der Waals surface area contributed by atoms with Gasteiger partial charge in [-0.1, -0.05) is 0 Å². The molecule has 0 aliphatic carbocycles. The number of amides is 3. The summed E-state index contributed by atoms with van der Waals surface area (Å²) in [5, 5.41) is 29.3. The lowest BCUT2D eigenvalue weighted by molar-refractivity contribution is -0.142. The summed E-state index contributed by atoms with van der Waals surface area (Å²) in [7, 11) is 0. The van der Waals surface area contributed by atoms with Crippen molar-refractivity contribution in [1.82, 2.24) is 31.2 Å². The summed E-state index contributed by atoms with van der Waals surface area (Å²) in [5.74, 6) is -3.13. The average Bonchev–Trinajstić information content (AvgIpc) is 3.38. The predicted octanol–water partition coefficient (Wildman–Crippen LogP) is -2.36. The number of aromatic amines is 1. The smallest absolute Gasteiger partial charge is 0.325 e. The SMILES string of the molecule is CC(NC(=O)C(Cc1cnc[nH]1)NC(=O)C(NC(=O)C1CCCN1)C(C)O)C(=O)O. The molecule has 12 nitrogen and oxygen atoms in total. The Bertz CT molecular complexity index is 746. The molecule has 7 N–H and O–H groups in total. The third-order valence-corrected chi connectivity index (χ3v) is 4.78. The molecule has 0 saturated carbocycles. The van der Waals surface area contributed by atoms with Crippen LogP contribution in [0.4, 0.5) is 0 Å². The Kier molecular flexibility index (Phi) is 8.30. The lowest BCUT2D eigenvalue weighted by atomic mass is 10.1. The number of aliphatic hydroxyl groups excluding tert-OH is 1. The lowest BCUT2D eigenvalue weighted by Crippen LogP contribution is -2.60. The zero-order valence-electron chi connectivity index (χ0n) is 16.8. The van der Waals surface area contributed by atoms with Crippen LogP contribution in [-0.4, -0.2) is 80.7 Å². The van der Waals surface area contributed by atoms with Crippen LogP contribution >= 0.6 is 0 Å². The molecular formula is C18H28N6O6. The van der Waals surface area contributed by atoms with Gasteiger partial charge in [0, 0.05) is 18.3 Å². The molecule has 2 heterocycles. The van der Waals surface area contributed by atoms with Gasteiger partial charge < -0.3 is 36.5 Å². The number of carbonyl (C=O) groups excluding carboxylic acids is 3. The van der Waals surface area contributed by atoms with Gasteiger partial charge in [-0.25, -0.2) is 4.98 Å². The molecule has 1 aliphatic rings. The number of aliphatic carboxylic acids is 1. The van der Waals surface area contributed by atoms with Gasteiger partial charge in [0.25, 0.3) is 0 Å². The highest BCUT2D eigenvalue weighted by Gasteiger charge is 2.33. The van der Waals surface area contributed by atoms with Crippen molar-refractivity contribution in [2.24, 2.45) is 0 Å². The van der Waals surface area contributed by atoms with Crippen LogP contribution in [0, 0.1) is 0 Å². The highest BCUT2D eigenvalue weighted by Crippen LogP contribution is 2.07. The Balaban J connectivity index is 2.09. The summed E-state index contributed by atoms with van der Waals surface area (Å²) < 4.78 is 0. The van der Waals surface area contributed by atoms with E-state index in [2.05, 4.69) is 31.2 Å². The van der Waals surface area contributed by atoms with Crippen LogP contribution in [0.5, 0.6) is 0 Å². The molecule has 5 atom stereocenters. The van der Waals surface area contributed by atoms with Crippen molar-refractivity contribution in [2.45, 2.75) is 63.4 Å². The zero-order valence-corrected chi connectivity index (χ0v) is 16.8. The van der Waals surface area contributed by atoms with E-state index in [0.717, 1.165) is 6.42 Å². The first-order valence-corrected chi connectivity index (χ1v) is 9.71. The molecule has 12 heteroatoms. The van der Waals surface area contributed by atoms with Crippen LogP contribution in [0.2, 0.25) is 0 Å². The van der Waals surface area contributed by atoms with E-state index in [0.29, 0.717) is 18.7 Å². The van der Waals surface area contributed by atoms with Gasteiger partial charge in [-0.05, 0) is 33.2 Å². The molecular weight excluding hydrogens is 396 g/mol. The third-order valence-electron chi connectivity index (χ3n) is 4.78. The van der Waals surface area contributed by atoms with Crippen molar-refractivity contribution in [3.63, 3.8) is 0 Å². The van der Waals surface area contributed by atoms with Crippen LogP contribution in [0.15, 0.2) is 12.5 Å². The quantitative estimate of drug-likeness (QED) is 0.217. The topological polar surface area (TPSA) is 186 Å². The number of carbonyl (C=O) groups is 4. The molecule has 1 aromatic rings. The zero-order chi connectivity index (χ0) is 22.3. The summed E-state index contributed by atoms with van der Waals surface area (Å²) in [6.45, 7) is 3.34. The molecule has 5 unspecified atom stereocenters. The minimum absolute atomic E-state index is 0.00850. The molecule has 1 fully saturated rings. The van der Waals surface area contributed by atoms with Gasteiger partial charge in [-0.3, -0.25) is 19.2 Å². The van der Waals surface area contributed by atoms with E-state index in [1.165, 1.54) is 26.4 Å². The van der Waals surface area contributed by atoms with Crippen molar-refractivity contribution < 1.29 is 29.4 Å². The maximum atomic E-state index is 12.8. The predicted molar refractivity (Wildman–Crippen MR) is 104 cm³/mol. The van der Waals surface area contributed by atoms with Crippen molar-refractivity contribution in [1.29, 1.82) is 0 Å². The number of rotatable bonds is 10. The summed E-state index contributed by atoms with van der Waals surface area (Å²) in [5.41, 5.74) is 0.534. The van der Waals surface area contributed by atoms with Gasteiger partial charge in [-0.2, -0.15) is 0 Å². The molecule has 0 radical (unpaired) electrons. The summed E-state index contributed by atoms with van der Waals surface area (Å²) in [6.07, 6.45) is 3.11. The number of hydrogen-bond donors (Lipinski definition) is 7. The highest BCUT2D eigenvalue weighted by atomic mass is 16.4. The summed E-state index contributed by atoms with van der Waals surface area (Å²) >= 11 is 0. The summed E-state index contributed by atoms with van der Waals surface area (Å²) in [6, 6.07) is -4.05. The van der Waals surface area contributed by atoms with Crippen LogP contribution in [0.25, 0.3) is 0 Å². The van der Waals surface area contributed by atoms with Gasteiger partial charge in [0.1, 0.15) is 18.1 Å². The highest BCUT2D eigenvalue weighted by molar-refractivity contribution is 5.94. The van der Waals surface area contributed by atoms with Crippen molar-refractivity contribution in [2.75, 3.05) is 6.54 Å². The van der Waals surface area contributed by atoms with E-state index in [1.807, 2.05) is 0 Å². The first-order valence-electron chi connectivity index (χ1n) is 9.71. The van der Waals surface area contributed by atoms with Gasteiger partial charge in [0.05, 0.1) is 18.5 Å². The molecule has 3 amide bonds. The molecule has 166 valence electrons. The fraction of sp³-hybridized carbons (Fsp3) is 0.611. The monoisotopic (exact) mass is 424 g/mol. The maximum Gasteiger partial charge on any atom is 0.325 e. The van der Waals surface area contributed by atoms with E-state index in [1.54, 1.807) is 0 Å². The molecule has 0 spiro atoms. The van der Waals surface area contributed by atoms with Crippen LogP contribution in [0.1, 0.15) is 32.4 Å². The number of aromatic nitrogens is 2. The number of hydrogen-bond acceptors (Lipinski definition) is 7. The van der Waals surface area contributed by atoms with Crippen LogP contribution in [-0.2, 0) is 25.6 Å². The average molecular weight is 424 g/mol. The van der Waals surface area contributed by atoms with E-state index < -0.39 is 54.0 Å². The normalized spacial score (nSPS) is 19.9. The van der Waals surface area contributed by atoms with Crippen LogP contribution in [0.3, 0.4) is 0 Å². The minimum Gasteiger partial charge on any atom is -0.480 e. The molecule has 0 aromatic carbocycles. The first-order chi connectivity index (χ1) is 14.2. The van der Waals surface area contributed by atoms with Gasteiger partial charge in [0.2, 0.25) is 17.7 Å². The van der Waals surface area contributed by atoms with Crippen LogP contribution < -0.4 is 21.3 Å². The number of aliphatic hydroxyl groups is 1. The Labute approximate surface area is 173 Å². The van der Waals surface area contributed by atoms with Gasteiger partial charge in [-0.15, -0.1) is 0 Å². The second kappa shape index (κ2) is 10.7. The lowest BCUT2D eigenvalue weighted by Gasteiger charge is -2.26. The molecule has 1 aromatic heterocycles.